The van der Waals surface area contributed by atoms with E-state index in [1.807, 2.05) is 13.3 Å². The van der Waals surface area contributed by atoms with Crippen LogP contribution in [0.1, 0.15) is 73.3 Å². The molecule has 0 radical (unpaired) electrons. The Morgan fingerprint density at radius 2 is 0.583 bits per heavy atom. The van der Waals surface area contributed by atoms with E-state index in [-0.39, 0.29) is 87.0 Å². The Kier molecular flexibility index (Phi) is 209. The van der Waals surface area contributed by atoms with E-state index in [1.54, 1.807) is 27.5 Å². The van der Waals surface area contributed by atoms with Gasteiger partial charge in [0.25, 0.3) is 0 Å². The van der Waals surface area contributed by atoms with Crippen LogP contribution in [-0.4, -0.2) is 76.8 Å². The standard InChI is InChI=1S/2C3H6O2.2C2H8OP2.2CH6OP2.8CH4/c2*1-3(4)5-2;2*1-3-5(2)4;2*1-4(2)3;;;;;;;;/h2*1-2H3;2*4H2,1-2H3;2*2H,3H2,1H3;8*1H4. The number of hydrogen-bond acceptors (Lipinski definition) is 8. The van der Waals surface area contributed by atoms with Gasteiger partial charge in [-0.2, -0.15) is 0 Å². The highest BCUT2D eigenvalue weighted by Crippen LogP contribution is 2.39. The molecular formula is C20H72O8P8. The van der Waals surface area contributed by atoms with Gasteiger partial charge in [-0.3, -0.25) is 9.59 Å². The highest BCUT2D eigenvalue weighted by Gasteiger charge is 1.79. The van der Waals surface area contributed by atoms with Crippen molar-refractivity contribution in [3.63, 3.8) is 0 Å². The summed E-state index contributed by atoms with van der Waals surface area (Å²) in [5.74, 6) is -0.491. The van der Waals surface area contributed by atoms with Gasteiger partial charge in [0.1, 0.15) is 0 Å². The van der Waals surface area contributed by atoms with Crippen molar-refractivity contribution in [1.29, 1.82) is 0 Å². The molecule has 0 aromatic heterocycles. The average Bonchev–Trinajstić information content (AvgIpc) is 2.55. The van der Waals surface area contributed by atoms with E-state index < -0.39 is 15.7 Å². The predicted octanol–water partition coefficient (Wildman–Crippen LogP) is 9.94. The minimum absolute atomic E-state index is 0. The fourth-order valence-electron chi connectivity index (χ4n) is 0. The smallest absolute Gasteiger partial charge is 0.302 e. The van der Waals surface area contributed by atoms with Crippen molar-refractivity contribution in [1.82, 2.24) is 0 Å². The molecule has 0 rings (SSSR count). The maximum atomic E-state index is 9.59. The average molecular weight is 689 g/mol. The molecule has 8 atom stereocenters. The first-order chi connectivity index (χ1) is 12.5. The second kappa shape index (κ2) is 83.2. The summed E-state index contributed by atoms with van der Waals surface area (Å²) in [7, 11) is 14.1. The molecule has 0 aliphatic heterocycles. The van der Waals surface area contributed by atoms with Crippen LogP contribution in [0.2, 0.25) is 0 Å². The second-order valence-electron chi connectivity index (χ2n) is 4.00. The molecule has 0 saturated carbocycles. The molecule has 8 unspecified atom stereocenters. The highest BCUT2D eigenvalue weighted by atomic mass is 32.0. The number of carbonyl (C=O) groups is 2. The van der Waals surface area contributed by atoms with Crippen molar-refractivity contribution in [3.05, 3.63) is 0 Å². The summed E-state index contributed by atoms with van der Waals surface area (Å²) in [6, 6.07) is 0. The maximum Gasteiger partial charge on any atom is 0.302 e. The van der Waals surface area contributed by atoms with Gasteiger partial charge in [-0.15, -0.1) is 0 Å². The van der Waals surface area contributed by atoms with E-state index in [0.717, 1.165) is 0 Å². The van der Waals surface area contributed by atoms with Gasteiger partial charge in [0.2, 0.25) is 0 Å². The van der Waals surface area contributed by atoms with E-state index in [2.05, 4.69) is 45.2 Å². The lowest BCUT2D eigenvalue weighted by Gasteiger charge is -1.94. The molecule has 16 heteroatoms. The molecule has 240 valence electrons. The topological polar surface area (TPSA) is 112 Å². The van der Waals surface area contributed by atoms with Crippen LogP contribution in [0.5, 0.6) is 0 Å². The van der Waals surface area contributed by atoms with Gasteiger partial charge in [0.15, 0.2) is 0 Å². The molecule has 0 aromatic rings. The number of rotatable bonds is 2. The largest absolute Gasteiger partial charge is 0.469 e. The van der Waals surface area contributed by atoms with Gasteiger partial charge >= 0.3 is 11.9 Å². The van der Waals surface area contributed by atoms with Crippen LogP contribution in [-0.2, 0) is 28.1 Å². The Labute approximate surface area is 244 Å². The van der Waals surface area contributed by atoms with Crippen LogP contribution in [0.15, 0.2) is 0 Å². The Bertz CT molecular complexity index is 271. The van der Waals surface area contributed by atoms with Gasteiger partial charge in [0, 0.05) is 59.4 Å². The first kappa shape index (κ1) is 90.3. The monoisotopic (exact) mass is 688 g/mol. The summed E-state index contributed by atoms with van der Waals surface area (Å²) in [5.41, 5.74) is 0. The third kappa shape index (κ3) is 430. The molecule has 0 bridgehead atoms. The van der Waals surface area contributed by atoms with Crippen molar-refractivity contribution < 1.29 is 37.9 Å². The second-order valence-corrected chi connectivity index (χ2v) is 18.1. The molecule has 0 aliphatic carbocycles. The Morgan fingerprint density at radius 3 is 0.583 bits per heavy atom. The first-order valence-electron chi connectivity index (χ1n) is 7.04. The number of hydrogen-bond donors (Lipinski definition) is 2. The lowest BCUT2D eigenvalue weighted by atomic mass is 10.8. The molecule has 0 heterocycles. The number of carbonyl (C=O) groups excluding carboxylic acids is 2. The van der Waals surface area contributed by atoms with Crippen molar-refractivity contribution in [2.24, 2.45) is 0 Å². The van der Waals surface area contributed by atoms with Crippen LogP contribution in [0.4, 0.5) is 0 Å². The molecule has 8 nitrogen and oxygen atoms in total. The van der Waals surface area contributed by atoms with Gasteiger partial charge in [-0.1, -0.05) is 95.1 Å². The number of esters is 2. The molecular weight excluding hydrogens is 616 g/mol. The minimum Gasteiger partial charge on any atom is -0.469 e. The highest BCUT2D eigenvalue weighted by molar-refractivity contribution is 8.11. The van der Waals surface area contributed by atoms with E-state index in [1.165, 1.54) is 28.1 Å². The molecule has 2 N–H and O–H groups in total. The maximum absolute atomic E-state index is 9.59. The fourth-order valence-corrected chi connectivity index (χ4v) is 0. The van der Waals surface area contributed by atoms with Gasteiger partial charge in [-0.25, -0.2) is 0 Å². The molecule has 0 spiro atoms. The summed E-state index contributed by atoms with van der Waals surface area (Å²) in [6.45, 7) is 10.3. The van der Waals surface area contributed by atoms with Gasteiger partial charge < -0.3 is 28.3 Å². The molecule has 0 saturated heterocycles. The minimum atomic E-state index is -0.704. The number of ether oxygens (including phenoxy) is 2. The van der Waals surface area contributed by atoms with Crippen LogP contribution in [0.3, 0.4) is 0 Å². The third-order valence-electron chi connectivity index (χ3n) is 1.15. The third-order valence-corrected chi connectivity index (χ3v) is 3.57. The molecule has 0 fully saturated rings. The summed E-state index contributed by atoms with van der Waals surface area (Å²) in [4.78, 5) is 35.3. The summed E-state index contributed by atoms with van der Waals surface area (Å²) in [5, 5.41) is 0. The Balaban J connectivity index is -0.0000000129. The van der Waals surface area contributed by atoms with E-state index >= 15 is 0 Å². The van der Waals surface area contributed by atoms with E-state index in [0.29, 0.717) is 0 Å². The van der Waals surface area contributed by atoms with Crippen molar-refractivity contribution >= 4 is 79.0 Å². The van der Waals surface area contributed by atoms with Crippen molar-refractivity contribution in [2.75, 3.05) is 55.1 Å². The zero-order valence-electron chi connectivity index (χ0n) is 18.4. The predicted molar refractivity (Wildman–Crippen MR) is 198 cm³/mol. The zero-order valence-corrected chi connectivity index (χ0v) is 26.6. The van der Waals surface area contributed by atoms with Crippen LogP contribution < -0.4 is 0 Å². The Hall–Kier alpha value is 2.22. The van der Waals surface area contributed by atoms with E-state index in [9.17, 15) is 9.59 Å². The summed E-state index contributed by atoms with van der Waals surface area (Å²) >= 11 is 0. The van der Waals surface area contributed by atoms with Crippen LogP contribution in [0, 0.1) is 0 Å². The Morgan fingerprint density at radius 1 is 0.528 bits per heavy atom. The molecule has 0 aliphatic rings. The fraction of sp³-hybridized carbons (Fsp3) is 0.900. The lowest BCUT2D eigenvalue weighted by molar-refractivity contribution is -0.138. The van der Waals surface area contributed by atoms with Crippen LogP contribution >= 0.6 is 67.1 Å². The quantitative estimate of drug-likeness (QED) is 0.218. The molecule has 0 amide bonds. The first-order valence-corrected chi connectivity index (χ1v) is 20.4. The van der Waals surface area contributed by atoms with Crippen molar-refractivity contribution in [3.8, 4) is 0 Å². The number of methoxy groups -OCH3 is 2. The lowest BCUT2D eigenvalue weighted by Crippen LogP contribution is -1.88. The molecule has 36 heavy (non-hydrogen) atoms. The van der Waals surface area contributed by atoms with Gasteiger partial charge in [0.05, 0.1) is 14.2 Å². The SMILES string of the molecule is C.C.C.C.C.C.C.C.COC(C)=O.COC(C)=O.COP(C)P.COP(C)P.CP(O)P.CP(O)P. The zero-order chi connectivity index (χ0) is 24.3. The normalized spacial score (nSPS) is 9.56. The van der Waals surface area contributed by atoms with Gasteiger partial charge in [-0.05, 0) is 26.7 Å². The van der Waals surface area contributed by atoms with E-state index in [4.69, 9.17) is 18.8 Å². The van der Waals surface area contributed by atoms with Crippen LogP contribution in [0.25, 0.3) is 0 Å². The molecule has 0 aromatic carbocycles. The summed E-state index contributed by atoms with van der Waals surface area (Å²) < 4.78 is 17.8. The summed E-state index contributed by atoms with van der Waals surface area (Å²) in [6.07, 6.45) is 0. The van der Waals surface area contributed by atoms with Crippen molar-refractivity contribution in [2.45, 2.75) is 73.3 Å².